The number of rotatable bonds is 1. The average molecular weight is 234 g/mol. The molecule has 1 amide bonds. The third-order valence-electron chi connectivity index (χ3n) is 4.02. The summed E-state index contributed by atoms with van der Waals surface area (Å²) < 4.78 is 0. The van der Waals surface area contributed by atoms with Gasteiger partial charge in [-0.25, -0.2) is 0 Å². The maximum Gasteiger partial charge on any atom is 0.257 e. The molecule has 0 spiro atoms. The minimum atomic E-state index is 0.142. The molecule has 0 aliphatic carbocycles. The van der Waals surface area contributed by atoms with Crippen LogP contribution in [0.2, 0.25) is 0 Å². The van der Waals surface area contributed by atoms with Crippen LogP contribution in [0.25, 0.3) is 0 Å². The van der Waals surface area contributed by atoms with Gasteiger partial charge in [0.2, 0.25) is 0 Å². The summed E-state index contributed by atoms with van der Waals surface area (Å²) in [7, 11) is 0. The third kappa shape index (κ3) is 1.65. The van der Waals surface area contributed by atoms with Gasteiger partial charge in [-0.3, -0.25) is 9.89 Å². The first-order chi connectivity index (χ1) is 8.16. The van der Waals surface area contributed by atoms with Gasteiger partial charge < -0.3 is 10.2 Å². The van der Waals surface area contributed by atoms with Crippen LogP contribution < -0.4 is 5.32 Å². The van der Waals surface area contributed by atoms with Gasteiger partial charge in [-0.05, 0) is 25.7 Å². The number of fused-ring (bicyclic) bond motifs is 1. The molecule has 1 aromatic rings. The highest BCUT2D eigenvalue weighted by atomic mass is 16.2. The third-order valence-corrected chi connectivity index (χ3v) is 4.02. The maximum absolute atomic E-state index is 12.4. The van der Waals surface area contributed by atoms with Crippen LogP contribution in [-0.4, -0.2) is 47.2 Å². The van der Waals surface area contributed by atoms with E-state index in [2.05, 4.69) is 15.5 Å². The Morgan fingerprint density at radius 2 is 1.94 bits per heavy atom. The fraction of sp³-hybridized carbons (Fsp3) is 0.667. The number of carbonyl (C=O) groups is 1. The molecule has 3 heterocycles. The van der Waals surface area contributed by atoms with Gasteiger partial charge in [0.1, 0.15) is 0 Å². The molecule has 2 aliphatic heterocycles. The summed E-state index contributed by atoms with van der Waals surface area (Å²) in [6.45, 7) is 7.68. The van der Waals surface area contributed by atoms with E-state index in [1.807, 2.05) is 18.7 Å². The van der Waals surface area contributed by atoms with Crippen LogP contribution in [0.1, 0.15) is 21.7 Å². The van der Waals surface area contributed by atoms with Gasteiger partial charge in [0.05, 0.1) is 11.3 Å². The van der Waals surface area contributed by atoms with Gasteiger partial charge >= 0.3 is 0 Å². The quantitative estimate of drug-likeness (QED) is 0.735. The van der Waals surface area contributed by atoms with Crippen LogP contribution in [-0.2, 0) is 0 Å². The van der Waals surface area contributed by atoms with Crippen LogP contribution >= 0.6 is 0 Å². The van der Waals surface area contributed by atoms with Crippen molar-refractivity contribution in [2.45, 2.75) is 13.8 Å². The molecule has 0 bridgehead atoms. The number of nitrogens with zero attached hydrogens (tertiary/aromatic N) is 2. The molecule has 0 aromatic carbocycles. The summed E-state index contributed by atoms with van der Waals surface area (Å²) in [5.74, 6) is 1.43. The smallest absolute Gasteiger partial charge is 0.257 e. The zero-order valence-electron chi connectivity index (χ0n) is 10.3. The Bertz CT molecular complexity index is 422. The maximum atomic E-state index is 12.4. The van der Waals surface area contributed by atoms with Crippen molar-refractivity contribution in [1.82, 2.24) is 20.4 Å². The molecule has 5 nitrogen and oxygen atoms in total. The Labute approximate surface area is 101 Å². The molecule has 2 aliphatic rings. The fourth-order valence-corrected chi connectivity index (χ4v) is 3.05. The van der Waals surface area contributed by atoms with E-state index in [4.69, 9.17) is 0 Å². The Hall–Kier alpha value is -1.36. The van der Waals surface area contributed by atoms with Gasteiger partial charge in [0, 0.05) is 31.9 Å². The molecule has 5 heteroatoms. The standard InChI is InChI=1S/C12H18N4O/c1-7-11(8(2)15-14-7)12(17)16-5-9-3-13-4-10(9)6-16/h9-10,13H,3-6H2,1-2H3,(H,14,15)/t9-,10+. The number of nitrogens with one attached hydrogen (secondary N) is 2. The van der Waals surface area contributed by atoms with Crippen molar-refractivity contribution in [3.05, 3.63) is 17.0 Å². The van der Waals surface area contributed by atoms with Crippen molar-refractivity contribution in [2.75, 3.05) is 26.2 Å². The van der Waals surface area contributed by atoms with E-state index in [1.54, 1.807) is 0 Å². The number of aromatic amines is 1. The van der Waals surface area contributed by atoms with Crippen LogP contribution in [0, 0.1) is 25.7 Å². The van der Waals surface area contributed by atoms with E-state index < -0.39 is 0 Å². The average Bonchev–Trinajstić information content (AvgIpc) is 2.92. The Morgan fingerprint density at radius 3 is 2.47 bits per heavy atom. The van der Waals surface area contributed by atoms with Gasteiger partial charge in [0.25, 0.3) is 5.91 Å². The van der Waals surface area contributed by atoms with Crippen LogP contribution in [0.3, 0.4) is 0 Å². The second-order valence-corrected chi connectivity index (χ2v) is 5.20. The van der Waals surface area contributed by atoms with E-state index in [-0.39, 0.29) is 5.91 Å². The monoisotopic (exact) mass is 234 g/mol. The van der Waals surface area contributed by atoms with E-state index in [0.29, 0.717) is 11.8 Å². The molecular formula is C12H18N4O. The zero-order valence-corrected chi connectivity index (χ0v) is 10.3. The Morgan fingerprint density at radius 1 is 1.29 bits per heavy atom. The molecule has 0 saturated carbocycles. The van der Waals surface area contributed by atoms with Gasteiger partial charge in [-0.15, -0.1) is 0 Å². The Balaban J connectivity index is 1.80. The first-order valence-corrected chi connectivity index (χ1v) is 6.18. The Kier molecular flexibility index (Phi) is 2.43. The zero-order chi connectivity index (χ0) is 12.0. The highest BCUT2D eigenvalue weighted by molar-refractivity contribution is 5.96. The lowest BCUT2D eigenvalue weighted by Crippen LogP contribution is -2.32. The van der Waals surface area contributed by atoms with Crippen molar-refractivity contribution in [3.8, 4) is 0 Å². The minimum absolute atomic E-state index is 0.142. The van der Waals surface area contributed by atoms with Crippen molar-refractivity contribution < 1.29 is 4.79 Å². The second-order valence-electron chi connectivity index (χ2n) is 5.20. The van der Waals surface area contributed by atoms with E-state index >= 15 is 0 Å². The van der Waals surface area contributed by atoms with Crippen molar-refractivity contribution in [2.24, 2.45) is 11.8 Å². The molecule has 3 rings (SSSR count). The van der Waals surface area contributed by atoms with Crippen molar-refractivity contribution in [3.63, 3.8) is 0 Å². The minimum Gasteiger partial charge on any atom is -0.338 e. The van der Waals surface area contributed by atoms with E-state index in [0.717, 1.165) is 43.1 Å². The lowest BCUT2D eigenvalue weighted by Gasteiger charge is -2.17. The number of hydrogen-bond acceptors (Lipinski definition) is 3. The predicted molar refractivity (Wildman–Crippen MR) is 63.8 cm³/mol. The number of likely N-dealkylation sites (tertiary alicyclic amines) is 1. The molecular weight excluding hydrogens is 216 g/mol. The largest absolute Gasteiger partial charge is 0.338 e. The van der Waals surface area contributed by atoms with E-state index in [1.165, 1.54) is 0 Å². The first kappa shape index (κ1) is 10.8. The summed E-state index contributed by atoms with van der Waals surface area (Å²) in [6, 6.07) is 0. The molecule has 2 fully saturated rings. The summed E-state index contributed by atoms with van der Waals surface area (Å²) in [5, 5.41) is 10.4. The molecule has 2 saturated heterocycles. The van der Waals surface area contributed by atoms with E-state index in [9.17, 15) is 4.79 Å². The molecule has 17 heavy (non-hydrogen) atoms. The SMILES string of the molecule is Cc1n[nH]c(C)c1C(=O)N1C[C@H]2CNC[C@H]2C1. The fourth-order valence-electron chi connectivity index (χ4n) is 3.05. The number of H-pyrrole nitrogens is 1. The molecule has 0 radical (unpaired) electrons. The number of aromatic nitrogens is 2. The van der Waals surface area contributed by atoms with Crippen molar-refractivity contribution in [1.29, 1.82) is 0 Å². The highest BCUT2D eigenvalue weighted by Gasteiger charge is 2.39. The lowest BCUT2D eigenvalue weighted by atomic mass is 10.0. The van der Waals surface area contributed by atoms with Crippen LogP contribution in [0.15, 0.2) is 0 Å². The topological polar surface area (TPSA) is 61.0 Å². The summed E-state index contributed by atoms with van der Waals surface area (Å²) in [6.07, 6.45) is 0. The van der Waals surface area contributed by atoms with Crippen LogP contribution in [0.4, 0.5) is 0 Å². The molecule has 2 N–H and O–H groups in total. The number of carbonyl (C=O) groups excluding carboxylic acids is 1. The number of aryl methyl sites for hydroxylation is 2. The van der Waals surface area contributed by atoms with Crippen LogP contribution in [0.5, 0.6) is 0 Å². The van der Waals surface area contributed by atoms with Gasteiger partial charge in [0.15, 0.2) is 0 Å². The number of hydrogen-bond donors (Lipinski definition) is 2. The molecule has 92 valence electrons. The van der Waals surface area contributed by atoms with Gasteiger partial charge in [-0.1, -0.05) is 0 Å². The molecule has 0 unspecified atom stereocenters. The summed E-state index contributed by atoms with van der Waals surface area (Å²) in [4.78, 5) is 14.4. The van der Waals surface area contributed by atoms with Gasteiger partial charge in [-0.2, -0.15) is 5.10 Å². The molecule has 2 atom stereocenters. The highest BCUT2D eigenvalue weighted by Crippen LogP contribution is 2.28. The number of amides is 1. The lowest BCUT2D eigenvalue weighted by molar-refractivity contribution is 0.0780. The summed E-state index contributed by atoms with van der Waals surface area (Å²) in [5.41, 5.74) is 2.45. The first-order valence-electron chi connectivity index (χ1n) is 6.18. The summed E-state index contributed by atoms with van der Waals surface area (Å²) >= 11 is 0. The molecule has 1 aromatic heterocycles. The predicted octanol–water partition coefficient (Wildman–Crippen LogP) is 0.318. The second kappa shape index (κ2) is 3.84. The van der Waals surface area contributed by atoms with Crippen molar-refractivity contribution >= 4 is 5.91 Å². The normalized spacial score (nSPS) is 27.5.